The Balaban J connectivity index is 1.27. The number of amides is 2. The van der Waals surface area contributed by atoms with Crippen molar-refractivity contribution in [3.8, 4) is 10.6 Å². The Morgan fingerprint density at radius 2 is 1.71 bits per heavy atom. The lowest BCUT2D eigenvalue weighted by Gasteiger charge is -2.07. The second-order valence-corrected chi connectivity index (χ2v) is 8.83. The SMILES string of the molecule is Cc1ccc(-c2nc(CCNC(=O)c3ccc(NC(=O)c4cccs4)cc3)cs2)cc1. The van der Waals surface area contributed by atoms with Crippen molar-refractivity contribution in [3.63, 3.8) is 0 Å². The summed E-state index contributed by atoms with van der Waals surface area (Å²) in [7, 11) is 0. The van der Waals surface area contributed by atoms with Gasteiger partial charge in [0.15, 0.2) is 0 Å². The first-order valence-electron chi connectivity index (χ1n) is 9.83. The van der Waals surface area contributed by atoms with Crippen LogP contribution in [0.15, 0.2) is 71.4 Å². The molecule has 0 saturated heterocycles. The van der Waals surface area contributed by atoms with E-state index in [1.807, 2.05) is 16.8 Å². The normalized spacial score (nSPS) is 10.6. The molecule has 5 nitrogen and oxygen atoms in total. The van der Waals surface area contributed by atoms with E-state index in [0.717, 1.165) is 16.3 Å². The predicted molar refractivity (Wildman–Crippen MR) is 127 cm³/mol. The van der Waals surface area contributed by atoms with Crippen LogP contribution in [0, 0.1) is 6.92 Å². The van der Waals surface area contributed by atoms with Crippen molar-refractivity contribution in [2.24, 2.45) is 0 Å². The van der Waals surface area contributed by atoms with Crippen LogP contribution in [-0.2, 0) is 6.42 Å². The zero-order chi connectivity index (χ0) is 21.6. The molecule has 2 aromatic carbocycles. The highest BCUT2D eigenvalue weighted by Gasteiger charge is 2.10. The molecule has 0 spiro atoms. The second kappa shape index (κ2) is 9.68. The minimum Gasteiger partial charge on any atom is -0.352 e. The van der Waals surface area contributed by atoms with Gasteiger partial charge in [-0.3, -0.25) is 9.59 Å². The van der Waals surface area contributed by atoms with E-state index < -0.39 is 0 Å². The van der Waals surface area contributed by atoms with Gasteiger partial charge >= 0.3 is 0 Å². The first-order chi connectivity index (χ1) is 15.1. The summed E-state index contributed by atoms with van der Waals surface area (Å²) in [5.74, 6) is -0.300. The molecule has 0 bridgehead atoms. The molecular formula is C24H21N3O2S2. The Labute approximate surface area is 188 Å². The number of carbonyl (C=O) groups is 2. The first kappa shape index (κ1) is 21.0. The van der Waals surface area contributed by atoms with Crippen LogP contribution in [0.4, 0.5) is 5.69 Å². The molecule has 156 valence electrons. The second-order valence-electron chi connectivity index (χ2n) is 7.02. The fraction of sp³-hybridized carbons (Fsp3) is 0.125. The topological polar surface area (TPSA) is 71.1 Å². The average molecular weight is 448 g/mol. The third-order valence-corrected chi connectivity index (χ3v) is 6.48. The van der Waals surface area contributed by atoms with Crippen LogP contribution >= 0.6 is 22.7 Å². The van der Waals surface area contributed by atoms with Gasteiger partial charge < -0.3 is 10.6 Å². The molecule has 2 aromatic heterocycles. The van der Waals surface area contributed by atoms with Crippen LogP contribution < -0.4 is 10.6 Å². The van der Waals surface area contributed by atoms with Crippen LogP contribution in [0.25, 0.3) is 10.6 Å². The highest BCUT2D eigenvalue weighted by molar-refractivity contribution is 7.13. The molecule has 2 heterocycles. The molecule has 2 amide bonds. The van der Waals surface area contributed by atoms with Crippen LogP contribution in [0.3, 0.4) is 0 Å². The smallest absolute Gasteiger partial charge is 0.265 e. The van der Waals surface area contributed by atoms with Gasteiger partial charge in [-0.05, 0) is 42.6 Å². The monoisotopic (exact) mass is 447 g/mol. The number of thiophene rings is 1. The van der Waals surface area contributed by atoms with Gasteiger partial charge in [0.25, 0.3) is 11.8 Å². The van der Waals surface area contributed by atoms with Crippen molar-refractivity contribution in [1.29, 1.82) is 0 Å². The van der Waals surface area contributed by atoms with E-state index in [4.69, 9.17) is 0 Å². The van der Waals surface area contributed by atoms with E-state index >= 15 is 0 Å². The molecule has 0 radical (unpaired) electrons. The third kappa shape index (κ3) is 5.45. The number of benzene rings is 2. The molecule has 31 heavy (non-hydrogen) atoms. The van der Waals surface area contributed by atoms with Gasteiger partial charge in [0.05, 0.1) is 10.6 Å². The van der Waals surface area contributed by atoms with Gasteiger partial charge in [0.2, 0.25) is 0 Å². The molecular weight excluding hydrogens is 426 g/mol. The van der Waals surface area contributed by atoms with Gasteiger partial charge in [-0.25, -0.2) is 4.98 Å². The van der Waals surface area contributed by atoms with Crippen molar-refractivity contribution < 1.29 is 9.59 Å². The zero-order valence-electron chi connectivity index (χ0n) is 16.9. The largest absolute Gasteiger partial charge is 0.352 e. The highest BCUT2D eigenvalue weighted by atomic mass is 32.1. The van der Waals surface area contributed by atoms with Crippen LogP contribution in [-0.4, -0.2) is 23.3 Å². The molecule has 0 aliphatic rings. The lowest BCUT2D eigenvalue weighted by Crippen LogP contribution is -2.25. The summed E-state index contributed by atoms with van der Waals surface area (Å²) in [6.07, 6.45) is 0.670. The number of aromatic nitrogens is 1. The van der Waals surface area contributed by atoms with Gasteiger partial charge in [0, 0.05) is 35.2 Å². The Morgan fingerprint density at radius 3 is 2.42 bits per heavy atom. The van der Waals surface area contributed by atoms with Gasteiger partial charge in [-0.2, -0.15) is 0 Å². The number of anilines is 1. The highest BCUT2D eigenvalue weighted by Crippen LogP contribution is 2.24. The van der Waals surface area contributed by atoms with Crippen molar-refractivity contribution in [3.05, 3.63) is 93.1 Å². The number of rotatable bonds is 7. The number of nitrogens with one attached hydrogen (secondary N) is 2. The fourth-order valence-corrected chi connectivity index (χ4v) is 4.44. The Morgan fingerprint density at radius 1 is 0.935 bits per heavy atom. The molecule has 0 saturated carbocycles. The summed E-state index contributed by atoms with van der Waals surface area (Å²) in [5.41, 5.74) is 4.50. The van der Waals surface area contributed by atoms with Gasteiger partial charge in [-0.1, -0.05) is 35.9 Å². The van der Waals surface area contributed by atoms with E-state index in [1.165, 1.54) is 16.9 Å². The summed E-state index contributed by atoms with van der Waals surface area (Å²) < 4.78 is 0. The van der Waals surface area contributed by atoms with E-state index in [1.54, 1.807) is 41.7 Å². The van der Waals surface area contributed by atoms with E-state index in [2.05, 4.69) is 46.8 Å². The zero-order valence-corrected chi connectivity index (χ0v) is 18.6. The number of hydrogen-bond acceptors (Lipinski definition) is 5. The van der Waals surface area contributed by atoms with Gasteiger partial charge in [0.1, 0.15) is 5.01 Å². The summed E-state index contributed by atoms with van der Waals surface area (Å²) in [6, 6.07) is 18.8. The Hall–Kier alpha value is -3.29. The summed E-state index contributed by atoms with van der Waals surface area (Å²) in [6.45, 7) is 2.57. The quantitative estimate of drug-likeness (QED) is 0.398. The summed E-state index contributed by atoms with van der Waals surface area (Å²) in [4.78, 5) is 29.8. The molecule has 0 atom stereocenters. The molecule has 7 heteroatoms. The van der Waals surface area contributed by atoms with Crippen LogP contribution in [0.5, 0.6) is 0 Å². The Kier molecular flexibility index (Phi) is 6.54. The first-order valence-corrected chi connectivity index (χ1v) is 11.6. The summed E-state index contributed by atoms with van der Waals surface area (Å²) >= 11 is 3.00. The molecule has 4 aromatic rings. The molecule has 4 rings (SSSR count). The maximum absolute atomic E-state index is 12.4. The van der Waals surface area contributed by atoms with Crippen molar-refractivity contribution in [1.82, 2.24) is 10.3 Å². The van der Waals surface area contributed by atoms with Crippen LogP contribution in [0.2, 0.25) is 0 Å². The number of carbonyl (C=O) groups excluding carboxylic acids is 2. The van der Waals surface area contributed by atoms with Crippen molar-refractivity contribution in [2.75, 3.05) is 11.9 Å². The molecule has 0 aliphatic heterocycles. The number of aryl methyl sites for hydroxylation is 1. The van der Waals surface area contributed by atoms with Gasteiger partial charge in [-0.15, -0.1) is 22.7 Å². The van der Waals surface area contributed by atoms with Crippen molar-refractivity contribution >= 4 is 40.2 Å². The molecule has 0 aliphatic carbocycles. The lowest BCUT2D eigenvalue weighted by atomic mass is 10.2. The third-order valence-electron chi connectivity index (χ3n) is 4.67. The average Bonchev–Trinajstić information content (AvgIpc) is 3.47. The lowest BCUT2D eigenvalue weighted by molar-refractivity contribution is 0.0953. The number of thiazole rings is 1. The van der Waals surface area contributed by atoms with Crippen molar-refractivity contribution in [2.45, 2.75) is 13.3 Å². The molecule has 0 fully saturated rings. The maximum Gasteiger partial charge on any atom is 0.265 e. The standard InChI is InChI=1S/C24H21N3O2S2/c1-16-4-6-18(7-5-16)24-27-20(15-31-24)12-13-25-22(28)17-8-10-19(11-9-17)26-23(29)21-3-2-14-30-21/h2-11,14-15H,12-13H2,1H3,(H,25,28)(H,26,29). The minimum atomic E-state index is -0.152. The predicted octanol–water partition coefficient (Wildman–Crippen LogP) is 5.40. The van der Waals surface area contributed by atoms with E-state index in [9.17, 15) is 9.59 Å². The molecule has 0 unspecified atom stereocenters. The van der Waals surface area contributed by atoms with E-state index in [-0.39, 0.29) is 11.8 Å². The maximum atomic E-state index is 12.4. The summed E-state index contributed by atoms with van der Waals surface area (Å²) in [5, 5.41) is 10.6. The number of nitrogens with zero attached hydrogens (tertiary/aromatic N) is 1. The fourth-order valence-electron chi connectivity index (χ4n) is 2.96. The molecule has 2 N–H and O–H groups in total. The number of hydrogen-bond donors (Lipinski definition) is 2. The minimum absolute atomic E-state index is 0.148. The van der Waals surface area contributed by atoms with E-state index in [0.29, 0.717) is 29.1 Å². The van der Waals surface area contributed by atoms with Crippen LogP contribution in [0.1, 0.15) is 31.3 Å². The Bertz CT molecular complexity index is 1160.